The molecule has 2 amide bonds. The van der Waals surface area contributed by atoms with E-state index in [1.54, 1.807) is 34.1 Å². The zero-order valence-corrected chi connectivity index (χ0v) is 20.2. The molecule has 37 heavy (non-hydrogen) atoms. The Balaban J connectivity index is 1.35. The topological polar surface area (TPSA) is 45.6 Å². The second kappa shape index (κ2) is 9.54. The zero-order valence-electron chi connectivity index (χ0n) is 20.2. The maximum Gasteiger partial charge on any atom is 0.247 e. The number of rotatable bonds is 6. The van der Waals surface area contributed by atoms with Gasteiger partial charge in [0, 0.05) is 18.3 Å². The van der Waals surface area contributed by atoms with Gasteiger partial charge in [0.15, 0.2) is 0 Å². The number of nitrogens with zero attached hydrogens (tertiary/aromatic N) is 3. The molecule has 0 N–H and O–H groups in total. The van der Waals surface area contributed by atoms with Gasteiger partial charge >= 0.3 is 0 Å². The predicted octanol–water partition coefficient (Wildman–Crippen LogP) is 5.76. The second-order valence-corrected chi connectivity index (χ2v) is 9.45. The van der Waals surface area contributed by atoms with Gasteiger partial charge in [-0.25, -0.2) is 4.39 Å². The van der Waals surface area contributed by atoms with Crippen molar-refractivity contribution >= 4 is 23.6 Å². The van der Waals surface area contributed by atoms with Crippen molar-refractivity contribution in [2.45, 2.75) is 24.9 Å². The maximum atomic E-state index is 14.1. The van der Waals surface area contributed by atoms with Crippen LogP contribution in [0.1, 0.15) is 35.7 Å². The minimum atomic E-state index is -0.450. The van der Waals surface area contributed by atoms with E-state index in [1.165, 1.54) is 12.1 Å². The van der Waals surface area contributed by atoms with Crippen LogP contribution in [0.25, 0.3) is 11.8 Å². The van der Waals surface area contributed by atoms with Crippen LogP contribution in [0.5, 0.6) is 0 Å². The quantitative estimate of drug-likeness (QED) is 0.322. The first-order valence-electron chi connectivity index (χ1n) is 12.5. The lowest BCUT2D eigenvalue weighted by atomic mass is 9.97. The lowest BCUT2D eigenvalue weighted by molar-refractivity contribution is -0.132. The number of hydrogen-bond acceptors (Lipinski definition) is 2. The molecule has 1 aliphatic heterocycles. The molecule has 0 bridgehead atoms. The number of anilines is 1. The Kier molecular flexibility index (Phi) is 5.93. The lowest BCUT2D eigenvalue weighted by Crippen LogP contribution is -2.47. The van der Waals surface area contributed by atoms with E-state index >= 15 is 0 Å². The summed E-state index contributed by atoms with van der Waals surface area (Å²) in [7, 11) is 0. The Morgan fingerprint density at radius 2 is 1.57 bits per heavy atom. The van der Waals surface area contributed by atoms with Crippen LogP contribution in [-0.2, 0) is 9.59 Å². The molecule has 2 aliphatic rings. The average molecular weight is 492 g/mol. The molecule has 6 heteroatoms. The molecule has 1 fully saturated rings. The molecule has 0 spiro atoms. The number of aromatic nitrogens is 1. The highest BCUT2D eigenvalue weighted by molar-refractivity contribution is 6.02. The fraction of sp³-hybridized carbons (Fsp3) is 0.161. The summed E-state index contributed by atoms with van der Waals surface area (Å²) in [5, 5.41) is 0. The number of hydrogen-bond donors (Lipinski definition) is 0. The molecule has 3 aromatic carbocycles. The van der Waals surface area contributed by atoms with Gasteiger partial charge in [-0.3, -0.25) is 14.5 Å². The molecule has 1 aliphatic carbocycles. The third-order valence-electron chi connectivity index (χ3n) is 6.97. The van der Waals surface area contributed by atoms with E-state index in [0.29, 0.717) is 0 Å². The molecule has 0 radical (unpaired) electrons. The summed E-state index contributed by atoms with van der Waals surface area (Å²) in [6.45, 7) is -0.0324. The van der Waals surface area contributed by atoms with Crippen molar-refractivity contribution in [2.24, 2.45) is 0 Å². The Bertz CT molecular complexity index is 1470. The molecule has 1 unspecified atom stereocenters. The van der Waals surface area contributed by atoms with Gasteiger partial charge in [-0.1, -0.05) is 54.6 Å². The number of benzene rings is 3. The Labute approximate surface area is 215 Å². The third kappa shape index (κ3) is 4.47. The van der Waals surface area contributed by atoms with Crippen molar-refractivity contribution in [3.05, 3.63) is 126 Å². The average Bonchev–Trinajstić information content (AvgIpc) is 3.65. The van der Waals surface area contributed by atoms with Crippen molar-refractivity contribution in [3.63, 3.8) is 0 Å². The van der Waals surface area contributed by atoms with Crippen LogP contribution < -0.4 is 4.90 Å². The number of carbonyl (C=O) groups excluding carboxylic acids is 2. The van der Waals surface area contributed by atoms with Gasteiger partial charge in [-0.2, -0.15) is 0 Å². The molecular formula is C31H26FN3O2. The van der Waals surface area contributed by atoms with Crippen molar-refractivity contribution in [3.8, 4) is 5.69 Å². The van der Waals surface area contributed by atoms with Gasteiger partial charge in [-0.15, -0.1) is 0 Å². The van der Waals surface area contributed by atoms with Gasteiger partial charge in [0.25, 0.3) is 0 Å². The monoisotopic (exact) mass is 491 g/mol. The molecule has 184 valence electrons. The molecule has 4 aromatic rings. The normalized spacial score (nSPS) is 16.4. The fourth-order valence-electron chi connectivity index (χ4n) is 5.04. The third-order valence-corrected chi connectivity index (χ3v) is 6.97. The van der Waals surface area contributed by atoms with Crippen molar-refractivity contribution < 1.29 is 14.0 Å². The first kappa shape index (κ1) is 23.0. The number of carbonyl (C=O) groups is 2. The highest BCUT2D eigenvalue weighted by Gasteiger charge is 2.39. The highest BCUT2D eigenvalue weighted by Crippen LogP contribution is 2.42. The summed E-state index contributed by atoms with van der Waals surface area (Å²) >= 11 is 0. The van der Waals surface area contributed by atoms with Crippen LogP contribution >= 0.6 is 0 Å². The molecular weight excluding hydrogens is 465 g/mol. The smallest absolute Gasteiger partial charge is 0.247 e. The van der Waals surface area contributed by atoms with Crippen LogP contribution in [0.3, 0.4) is 0 Å². The number of para-hydroxylation sites is 2. The van der Waals surface area contributed by atoms with Crippen molar-refractivity contribution in [1.29, 1.82) is 0 Å². The SMILES string of the molecule is O=C(/C=C/c1ccccc1)N(CC(=O)N1c2ccccc2-n2cccc2C1c1ccc(F)cc1)C1CC1. The van der Waals surface area contributed by atoms with Crippen LogP contribution in [0.2, 0.25) is 0 Å². The van der Waals surface area contributed by atoms with Gasteiger partial charge in [0.1, 0.15) is 18.4 Å². The second-order valence-electron chi connectivity index (χ2n) is 9.45. The molecule has 1 saturated carbocycles. The van der Waals surface area contributed by atoms with Crippen molar-refractivity contribution in [2.75, 3.05) is 11.4 Å². The minimum absolute atomic E-state index is 0.0324. The Morgan fingerprint density at radius 1 is 0.865 bits per heavy atom. The summed E-state index contributed by atoms with van der Waals surface area (Å²) in [5.41, 5.74) is 4.29. The van der Waals surface area contributed by atoms with E-state index < -0.39 is 6.04 Å². The molecule has 6 rings (SSSR count). The largest absolute Gasteiger partial charge is 0.327 e. The van der Waals surface area contributed by atoms with E-state index in [2.05, 4.69) is 4.57 Å². The number of amides is 2. The van der Waals surface area contributed by atoms with Gasteiger partial charge in [0.2, 0.25) is 11.8 Å². The first-order chi connectivity index (χ1) is 18.1. The summed E-state index contributed by atoms with van der Waals surface area (Å²) in [5.74, 6) is -0.682. The summed E-state index contributed by atoms with van der Waals surface area (Å²) in [6.07, 6.45) is 7.08. The standard InChI is InChI=1S/C31H26FN3O2/c32-24-15-13-23(14-16-24)31-28-11-6-20-33(28)26-9-4-5-10-27(26)35(31)30(37)21-34(25-17-18-25)29(36)19-12-22-7-2-1-3-8-22/h1-16,19-20,25,31H,17-18,21H2/b19-12+. The van der Waals surface area contributed by atoms with E-state index in [1.807, 2.05) is 72.9 Å². The van der Waals surface area contributed by atoms with Gasteiger partial charge in [0.05, 0.1) is 17.1 Å². The van der Waals surface area contributed by atoms with Crippen LogP contribution in [0, 0.1) is 5.82 Å². The highest BCUT2D eigenvalue weighted by atomic mass is 19.1. The van der Waals surface area contributed by atoms with Crippen molar-refractivity contribution in [1.82, 2.24) is 9.47 Å². The number of halogens is 1. The predicted molar refractivity (Wildman–Crippen MR) is 142 cm³/mol. The van der Waals surface area contributed by atoms with E-state index in [9.17, 15) is 14.0 Å². The van der Waals surface area contributed by atoms with Gasteiger partial charge < -0.3 is 9.47 Å². The number of fused-ring (bicyclic) bond motifs is 3. The van der Waals surface area contributed by atoms with Gasteiger partial charge in [-0.05, 0) is 66.4 Å². The van der Waals surface area contributed by atoms with E-state index in [4.69, 9.17) is 0 Å². The Hall–Kier alpha value is -4.45. The summed E-state index contributed by atoms with van der Waals surface area (Å²) < 4.78 is 15.9. The molecule has 5 nitrogen and oxygen atoms in total. The minimum Gasteiger partial charge on any atom is -0.327 e. The van der Waals surface area contributed by atoms with E-state index in [-0.39, 0.29) is 30.2 Å². The maximum absolute atomic E-state index is 14.1. The zero-order chi connectivity index (χ0) is 25.4. The van der Waals surface area contributed by atoms with Crippen LogP contribution in [0.4, 0.5) is 10.1 Å². The summed E-state index contributed by atoms with van der Waals surface area (Å²) in [4.78, 5) is 30.8. The molecule has 1 atom stereocenters. The molecule has 1 aromatic heterocycles. The molecule has 0 saturated heterocycles. The molecule has 2 heterocycles. The first-order valence-corrected chi connectivity index (χ1v) is 12.5. The fourth-order valence-corrected chi connectivity index (χ4v) is 5.04. The Morgan fingerprint density at radius 3 is 2.30 bits per heavy atom. The van der Waals surface area contributed by atoms with Crippen LogP contribution in [-0.4, -0.2) is 33.9 Å². The summed E-state index contributed by atoms with van der Waals surface area (Å²) in [6, 6.07) is 27.2. The lowest BCUT2D eigenvalue weighted by Gasteiger charge is -2.39. The van der Waals surface area contributed by atoms with E-state index in [0.717, 1.165) is 41.0 Å². The van der Waals surface area contributed by atoms with Crippen LogP contribution in [0.15, 0.2) is 103 Å².